The van der Waals surface area contributed by atoms with Crippen molar-refractivity contribution in [3.8, 4) is 5.75 Å². The molecule has 0 saturated carbocycles. The van der Waals surface area contributed by atoms with Crippen molar-refractivity contribution in [2.75, 3.05) is 32.4 Å². The molecule has 1 fully saturated rings. The van der Waals surface area contributed by atoms with E-state index in [1.807, 2.05) is 0 Å². The number of thioether (sulfide) groups is 1. The second kappa shape index (κ2) is 7.78. The molecule has 3 nitrogen and oxygen atoms in total. The normalized spacial score (nSPS) is 17.6. The molecule has 1 aromatic carbocycles. The molecule has 19 heavy (non-hydrogen) atoms. The third-order valence-corrected chi connectivity index (χ3v) is 4.32. The van der Waals surface area contributed by atoms with Gasteiger partial charge in [0.05, 0.1) is 0 Å². The largest absolute Gasteiger partial charge is 0.490 e. The molecule has 1 heterocycles. The Kier molecular flexibility index (Phi) is 6.01. The van der Waals surface area contributed by atoms with E-state index in [-0.39, 0.29) is 0 Å². The fourth-order valence-corrected chi connectivity index (χ4v) is 2.82. The number of ether oxygens (including phenoxy) is 1. The van der Waals surface area contributed by atoms with Crippen LogP contribution in [0.4, 0.5) is 0 Å². The molecule has 0 atom stereocenters. The summed E-state index contributed by atoms with van der Waals surface area (Å²) in [5, 5.41) is 0. The van der Waals surface area contributed by atoms with Crippen LogP contribution < -0.4 is 10.5 Å². The van der Waals surface area contributed by atoms with Crippen molar-refractivity contribution in [1.29, 1.82) is 0 Å². The molecule has 2 N–H and O–H groups in total. The number of rotatable bonds is 6. The van der Waals surface area contributed by atoms with E-state index in [4.69, 9.17) is 10.5 Å². The lowest BCUT2D eigenvalue weighted by Gasteiger charge is -2.32. The minimum atomic E-state index is 0.370. The van der Waals surface area contributed by atoms with Gasteiger partial charge in [-0.15, -0.1) is 11.8 Å². The van der Waals surface area contributed by atoms with Gasteiger partial charge >= 0.3 is 0 Å². The van der Waals surface area contributed by atoms with E-state index in [2.05, 4.69) is 35.4 Å². The fraction of sp³-hybridized carbons (Fsp3) is 0.600. The number of nitrogens with zero attached hydrogens (tertiary/aromatic N) is 1. The summed E-state index contributed by atoms with van der Waals surface area (Å²) in [6, 6.07) is 8.39. The predicted molar refractivity (Wildman–Crippen MR) is 82.0 cm³/mol. The summed E-state index contributed by atoms with van der Waals surface area (Å²) in [4.78, 5) is 3.77. The van der Waals surface area contributed by atoms with Crippen LogP contribution in [0.3, 0.4) is 0 Å². The minimum absolute atomic E-state index is 0.370. The molecular formula is C15H24N2OS. The van der Waals surface area contributed by atoms with Gasteiger partial charge in [0.2, 0.25) is 0 Å². The van der Waals surface area contributed by atoms with E-state index >= 15 is 0 Å². The summed E-state index contributed by atoms with van der Waals surface area (Å²) in [6.45, 7) is 4.19. The highest BCUT2D eigenvalue weighted by Crippen LogP contribution is 2.22. The third kappa shape index (κ3) is 4.71. The first-order valence-electron chi connectivity index (χ1n) is 7.05. The molecule has 106 valence electrons. The van der Waals surface area contributed by atoms with Crippen LogP contribution in [-0.2, 0) is 0 Å². The van der Waals surface area contributed by atoms with Gasteiger partial charge in [0, 0.05) is 18.0 Å². The molecule has 2 rings (SSSR count). The second-order valence-electron chi connectivity index (χ2n) is 4.98. The molecule has 0 bridgehead atoms. The lowest BCUT2D eigenvalue weighted by Crippen LogP contribution is -2.39. The minimum Gasteiger partial charge on any atom is -0.490 e. The molecule has 1 aliphatic heterocycles. The van der Waals surface area contributed by atoms with Crippen molar-refractivity contribution in [3.63, 3.8) is 0 Å². The first kappa shape index (κ1) is 14.7. The molecule has 1 saturated heterocycles. The van der Waals surface area contributed by atoms with Crippen LogP contribution >= 0.6 is 11.8 Å². The Balaban J connectivity index is 1.75. The Morgan fingerprint density at radius 1 is 1.26 bits per heavy atom. The van der Waals surface area contributed by atoms with Gasteiger partial charge in [0.1, 0.15) is 11.9 Å². The second-order valence-corrected chi connectivity index (χ2v) is 5.86. The summed E-state index contributed by atoms with van der Waals surface area (Å²) in [7, 11) is 0. The van der Waals surface area contributed by atoms with Gasteiger partial charge in [0.25, 0.3) is 0 Å². The van der Waals surface area contributed by atoms with Gasteiger partial charge in [-0.2, -0.15) is 0 Å². The summed E-state index contributed by atoms with van der Waals surface area (Å²) in [5.74, 6) is 0.998. The van der Waals surface area contributed by atoms with E-state index in [0.29, 0.717) is 6.10 Å². The SMILES string of the molecule is CSc1ccc(OC2CCN(CCCN)CC2)cc1. The van der Waals surface area contributed by atoms with E-state index in [1.54, 1.807) is 11.8 Å². The van der Waals surface area contributed by atoms with Crippen LogP contribution in [-0.4, -0.2) is 43.4 Å². The average Bonchev–Trinajstić information content (AvgIpc) is 2.47. The summed E-state index contributed by atoms with van der Waals surface area (Å²) in [5.41, 5.74) is 5.55. The summed E-state index contributed by atoms with van der Waals surface area (Å²) < 4.78 is 6.05. The fourth-order valence-electron chi connectivity index (χ4n) is 2.41. The van der Waals surface area contributed by atoms with Gasteiger partial charge in [-0.3, -0.25) is 0 Å². The first-order valence-corrected chi connectivity index (χ1v) is 8.27. The molecule has 4 heteroatoms. The molecule has 0 aliphatic carbocycles. The number of likely N-dealkylation sites (tertiary alicyclic amines) is 1. The number of nitrogens with two attached hydrogens (primary N) is 1. The van der Waals surface area contributed by atoms with E-state index in [0.717, 1.165) is 51.2 Å². The van der Waals surface area contributed by atoms with Gasteiger partial charge in [-0.1, -0.05) is 0 Å². The zero-order valence-corrected chi connectivity index (χ0v) is 12.5. The van der Waals surface area contributed by atoms with Crippen molar-refractivity contribution in [2.24, 2.45) is 5.73 Å². The number of benzene rings is 1. The third-order valence-electron chi connectivity index (χ3n) is 3.58. The Morgan fingerprint density at radius 3 is 2.53 bits per heavy atom. The summed E-state index contributed by atoms with van der Waals surface area (Å²) >= 11 is 1.76. The maximum atomic E-state index is 6.05. The van der Waals surface area contributed by atoms with Gasteiger partial charge in [0.15, 0.2) is 0 Å². The van der Waals surface area contributed by atoms with Crippen LogP contribution in [0.2, 0.25) is 0 Å². The van der Waals surface area contributed by atoms with Crippen LogP contribution in [0.1, 0.15) is 19.3 Å². The van der Waals surface area contributed by atoms with Crippen molar-refractivity contribution < 1.29 is 4.74 Å². The van der Waals surface area contributed by atoms with Gasteiger partial charge < -0.3 is 15.4 Å². The number of hydrogen-bond donors (Lipinski definition) is 1. The van der Waals surface area contributed by atoms with Crippen LogP contribution in [0.5, 0.6) is 5.75 Å². The van der Waals surface area contributed by atoms with Gasteiger partial charge in [-0.25, -0.2) is 0 Å². The monoisotopic (exact) mass is 280 g/mol. The molecule has 1 aromatic rings. The molecule has 0 amide bonds. The maximum Gasteiger partial charge on any atom is 0.119 e. The molecular weight excluding hydrogens is 256 g/mol. The standard InChI is InChI=1S/C15H24N2OS/c1-19-15-5-3-13(4-6-15)18-14-7-11-17(12-8-14)10-2-9-16/h3-6,14H,2,7-12,16H2,1H3. The highest BCUT2D eigenvalue weighted by atomic mass is 32.2. The van der Waals surface area contributed by atoms with Gasteiger partial charge in [-0.05, 0) is 62.9 Å². The lowest BCUT2D eigenvalue weighted by atomic mass is 10.1. The van der Waals surface area contributed by atoms with Crippen molar-refractivity contribution in [2.45, 2.75) is 30.3 Å². The Labute approximate surface area is 120 Å². The zero-order chi connectivity index (χ0) is 13.5. The highest BCUT2D eigenvalue weighted by Gasteiger charge is 2.19. The van der Waals surface area contributed by atoms with E-state index < -0.39 is 0 Å². The topological polar surface area (TPSA) is 38.5 Å². The van der Waals surface area contributed by atoms with E-state index in [9.17, 15) is 0 Å². The van der Waals surface area contributed by atoms with Crippen LogP contribution in [0.25, 0.3) is 0 Å². The van der Waals surface area contributed by atoms with Crippen molar-refractivity contribution in [3.05, 3.63) is 24.3 Å². The molecule has 0 unspecified atom stereocenters. The lowest BCUT2D eigenvalue weighted by molar-refractivity contribution is 0.100. The smallest absolute Gasteiger partial charge is 0.119 e. The number of hydrogen-bond acceptors (Lipinski definition) is 4. The predicted octanol–water partition coefficient (Wildman–Crippen LogP) is 2.60. The Bertz CT molecular complexity index is 361. The zero-order valence-electron chi connectivity index (χ0n) is 11.7. The average molecular weight is 280 g/mol. The highest BCUT2D eigenvalue weighted by molar-refractivity contribution is 7.98. The Hall–Kier alpha value is -0.710. The van der Waals surface area contributed by atoms with Crippen LogP contribution in [0.15, 0.2) is 29.2 Å². The first-order chi connectivity index (χ1) is 9.31. The molecule has 0 radical (unpaired) electrons. The molecule has 0 aromatic heterocycles. The van der Waals surface area contributed by atoms with Crippen LogP contribution in [0, 0.1) is 0 Å². The van der Waals surface area contributed by atoms with E-state index in [1.165, 1.54) is 4.90 Å². The maximum absolute atomic E-state index is 6.05. The quantitative estimate of drug-likeness (QED) is 0.813. The Morgan fingerprint density at radius 2 is 1.95 bits per heavy atom. The summed E-state index contributed by atoms with van der Waals surface area (Å²) in [6.07, 6.45) is 5.80. The molecule has 1 aliphatic rings. The van der Waals surface area contributed by atoms with Crippen molar-refractivity contribution >= 4 is 11.8 Å². The molecule has 0 spiro atoms. The number of piperidine rings is 1. The van der Waals surface area contributed by atoms with Crippen molar-refractivity contribution in [1.82, 2.24) is 4.90 Å².